The summed E-state index contributed by atoms with van der Waals surface area (Å²) in [6.45, 7) is 1.54. The predicted octanol–water partition coefficient (Wildman–Crippen LogP) is 5.71. The van der Waals surface area contributed by atoms with Crippen molar-refractivity contribution >= 4 is 62.3 Å². The number of carbonyl (C=O) groups is 2. The Bertz CT molecular complexity index is 1220. The normalized spacial score (nSPS) is 15.1. The number of halogens is 3. The van der Waals surface area contributed by atoms with Crippen molar-refractivity contribution in [3.8, 4) is 0 Å². The lowest BCUT2D eigenvalue weighted by atomic mass is 9.95. The second-order valence-corrected chi connectivity index (χ2v) is 12.7. The smallest absolute Gasteiger partial charge is 0.244 e. The summed E-state index contributed by atoms with van der Waals surface area (Å²) < 4.78 is 26.5. The maximum absolute atomic E-state index is 13.8. The number of rotatable bonds is 11. The Morgan fingerprint density at radius 3 is 2.24 bits per heavy atom. The fourth-order valence-electron chi connectivity index (χ4n) is 4.74. The van der Waals surface area contributed by atoms with E-state index < -0.39 is 28.5 Å². The summed E-state index contributed by atoms with van der Waals surface area (Å²) in [6, 6.07) is 11.6. The number of sulfonamides is 1. The maximum atomic E-state index is 13.8. The lowest BCUT2D eigenvalue weighted by Crippen LogP contribution is -2.54. The van der Waals surface area contributed by atoms with Crippen molar-refractivity contribution in [2.45, 2.75) is 64.0 Å². The largest absolute Gasteiger partial charge is 0.352 e. The quantitative estimate of drug-likeness (QED) is 0.334. The Balaban J connectivity index is 1.90. The molecule has 208 valence electrons. The van der Waals surface area contributed by atoms with Crippen LogP contribution in [0.5, 0.6) is 0 Å². The van der Waals surface area contributed by atoms with Crippen LogP contribution in [0.25, 0.3) is 0 Å². The van der Waals surface area contributed by atoms with Crippen molar-refractivity contribution < 1.29 is 18.0 Å². The van der Waals surface area contributed by atoms with E-state index in [2.05, 4.69) is 5.32 Å². The van der Waals surface area contributed by atoms with E-state index in [-0.39, 0.29) is 39.2 Å². The van der Waals surface area contributed by atoms with Gasteiger partial charge in [-0.15, -0.1) is 0 Å². The van der Waals surface area contributed by atoms with E-state index in [0.717, 1.165) is 48.2 Å². The number of nitrogens with zero attached hydrogens (tertiary/aromatic N) is 2. The van der Waals surface area contributed by atoms with Gasteiger partial charge in [0.25, 0.3) is 0 Å². The minimum Gasteiger partial charge on any atom is -0.352 e. The van der Waals surface area contributed by atoms with Gasteiger partial charge in [-0.2, -0.15) is 0 Å². The molecule has 1 aliphatic rings. The first-order valence-corrected chi connectivity index (χ1v) is 15.8. The molecule has 11 heteroatoms. The van der Waals surface area contributed by atoms with Crippen LogP contribution in [0.4, 0.5) is 5.69 Å². The molecule has 3 rings (SSSR count). The minimum atomic E-state index is -3.94. The Morgan fingerprint density at radius 2 is 1.63 bits per heavy atom. The summed E-state index contributed by atoms with van der Waals surface area (Å²) >= 11 is 18.5. The van der Waals surface area contributed by atoms with Gasteiger partial charge >= 0.3 is 0 Å². The molecular formula is C27H34Cl3N3O4S. The molecule has 2 aromatic carbocycles. The fraction of sp³-hybridized carbons (Fsp3) is 0.481. The molecule has 0 saturated heterocycles. The highest BCUT2D eigenvalue weighted by Gasteiger charge is 2.33. The average Bonchev–Trinajstić information content (AvgIpc) is 2.87. The summed E-state index contributed by atoms with van der Waals surface area (Å²) in [5, 5.41) is 3.43. The summed E-state index contributed by atoms with van der Waals surface area (Å²) in [6.07, 6.45) is 6.98. The van der Waals surface area contributed by atoms with Crippen LogP contribution in [-0.2, 0) is 26.0 Å². The third-order valence-electron chi connectivity index (χ3n) is 6.76. The van der Waals surface area contributed by atoms with Gasteiger partial charge in [0, 0.05) is 12.6 Å². The molecule has 1 fully saturated rings. The van der Waals surface area contributed by atoms with Gasteiger partial charge in [-0.1, -0.05) is 91.3 Å². The fourth-order valence-corrected chi connectivity index (χ4v) is 6.28. The summed E-state index contributed by atoms with van der Waals surface area (Å²) in [5.74, 6) is -0.738. The first-order valence-electron chi connectivity index (χ1n) is 12.8. The number of amides is 2. The number of anilines is 1. The van der Waals surface area contributed by atoms with Crippen LogP contribution in [0.2, 0.25) is 15.1 Å². The lowest BCUT2D eigenvalue weighted by molar-refractivity contribution is -0.140. The van der Waals surface area contributed by atoms with Crippen LogP contribution < -0.4 is 9.62 Å². The first kappa shape index (κ1) is 30.5. The molecule has 0 radical (unpaired) electrons. The maximum Gasteiger partial charge on any atom is 0.244 e. The van der Waals surface area contributed by atoms with E-state index in [1.807, 2.05) is 37.3 Å². The lowest BCUT2D eigenvalue weighted by Gasteiger charge is -2.34. The van der Waals surface area contributed by atoms with Crippen LogP contribution in [0, 0.1) is 0 Å². The Hall–Kier alpha value is -2.00. The zero-order chi connectivity index (χ0) is 27.9. The second kappa shape index (κ2) is 13.9. The zero-order valence-corrected chi connectivity index (χ0v) is 24.7. The molecule has 1 atom stereocenters. The van der Waals surface area contributed by atoms with Crippen molar-refractivity contribution in [1.29, 1.82) is 0 Å². The number of benzene rings is 2. The molecule has 38 heavy (non-hydrogen) atoms. The predicted molar refractivity (Wildman–Crippen MR) is 155 cm³/mol. The highest BCUT2D eigenvalue weighted by molar-refractivity contribution is 7.92. The molecule has 2 amide bonds. The highest BCUT2D eigenvalue weighted by atomic mass is 35.5. The second-order valence-electron chi connectivity index (χ2n) is 9.58. The highest BCUT2D eigenvalue weighted by Crippen LogP contribution is 2.35. The van der Waals surface area contributed by atoms with Crippen LogP contribution in [0.1, 0.15) is 51.0 Å². The summed E-state index contributed by atoms with van der Waals surface area (Å²) in [7, 11) is -3.94. The molecule has 1 saturated carbocycles. The van der Waals surface area contributed by atoms with Crippen LogP contribution in [-0.4, -0.2) is 56.6 Å². The molecule has 0 heterocycles. The number of carbonyl (C=O) groups excluding carboxylic acids is 2. The monoisotopic (exact) mass is 601 g/mol. The number of hydrogen-bond donors (Lipinski definition) is 1. The average molecular weight is 603 g/mol. The van der Waals surface area contributed by atoms with Gasteiger partial charge in [0.05, 0.1) is 27.0 Å². The van der Waals surface area contributed by atoms with Crippen molar-refractivity contribution in [3.05, 3.63) is 63.1 Å². The van der Waals surface area contributed by atoms with Crippen molar-refractivity contribution in [2.75, 3.05) is 23.7 Å². The molecule has 2 aromatic rings. The van der Waals surface area contributed by atoms with Crippen molar-refractivity contribution in [3.63, 3.8) is 0 Å². The minimum absolute atomic E-state index is 0.0375. The molecule has 0 bridgehead atoms. The van der Waals surface area contributed by atoms with E-state index in [0.29, 0.717) is 12.8 Å². The Morgan fingerprint density at radius 1 is 1.00 bits per heavy atom. The molecule has 0 aromatic heterocycles. The molecule has 0 unspecified atom stereocenters. The standard InChI is InChI=1S/C27H34Cl3N3O4S/c1-3-24(27(35)31-20-12-8-5-9-13-20)32(15-14-19-10-6-4-7-11-19)26(34)18-33(38(2,36)37)25-17-22(29)21(28)16-23(25)30/h4,6-7,10-11,16-17,20,24H,3,5,8-9,12-15,18H2,1-2H3,(H,31,35)/t24-/m1/s1. The van der Waals surface area contributed by atoms with E-state index in [1.165, 1.54) is 17.0 Å². The molecule has 0 aliphatic heterocycles. The van der Waals surface area contributed by atoms with Crippen molar-refractivity contribution in [1.82, 2.24) is 10.2 Å². The SMILES string of the molecule is CC[C@H](C(=O)NC1CCCCC1)N(CCc1ccccc1)C(=O)CN(c1cc(Cl)c(Cl)cc1Cl)S(C)(=O)=O. The van der Waals surface area contributed by atoms with Crippen LogP contribution in [0.3, 0.4) is 0 Å². The van der Waals surface area contributed by atoms with Gasteiger partial charge in [-0.3, -0.25) is 13.9 Å². The third-order valence-corrected chi connectivity index (χ3v) is 8.91. The first-order chi connectivity index (χ1) is 18.0. The molecule has 7 nitrogen and oxygen atoms in total. The van der Waals surface area contributed by atoms with Gasteiger partial charge in [0.2, 0.25) is 21.8 Å². The van der Waals surface area contributed by atoms with Gasteiger partial charge in [0.1, 0.15) is 12.6 Å². The van der Waals surface area contributed by atoms with Crippen molar-refractivity contribution in [2.24, 2.45) is 0 Å². The molecule has 1 N–H and O–H groups in total. The number of nitrogens with one attached hydrogen (secondary N) is 1. The Kier molecular flexibility index (Phi) is 11.2. The van der Waals surface area contributed by atoms with Crippen LogP contribution >= 0.6 is 34.8 Å². The zero-order valence-electron chi connectivity index (χ0n) is 21.6. The van der Waals surface area contributed by atoms with Crippen LogP contribution in [0.15, 0.2) is 42.5 Å². The van der Waals surface area contributed by atoms with E-state index in [9.17, 15) is 18.0 Å². The van der Waals surface area contributed by atoms with Gasteiger partial charge in [-0.05, 0) is 43.4 Å². The summed E-state index contributed by atoms with van der Waals surface area (Å²) in [4.78, 5) is 28.7. The molecular weight excluding hydrogens is 569 g/mol. The molecule has 1 aliphatic carbocycles. The topological polar surface area (TPSA) is 86.8 Å². The summed E-state index contributed by atoms with van der Waals surface area (Å²) in [5.41, 5.74) is 1.04. The van der Waals surface area contributed by atoms with Gasteiger partial charge < -0.3 is 10.2 Å². The number of hydrogen-bond acceptors (Lipinski definition) is 4. The van der Waals surface area contributed by atoms with E-state index in [4.69, 9.17) is 34.8 Å². The third kappa shape index (κ3) is 8.25. The molecule has 0 spiro atoms. The van der Waals surface area contributed by atoms with Gasteiger partial charge in [0.15, 0.2) is 0 Å². The van der Waals surface area contributed by atoms with E-state index in [1.54, 1.807) is 0 Å². The Labute approximate surface area is 240 Å². The van der Waals surface area contributed by atoms with E-state index >= 15 is 0 Å². The van der Waals surface area contributed by atoms with Gasteiger partial charge in [-0.25, -0.2) is 8.42 Å².